The van der Waals surface area contributed by atoms with Crippen molar-refractivity contribution in [1.82, 2.24) is 4.90 Å². The van der Waals surface area contributed by atoms with Crippen molar-refractivity contribution in [2.24, 2.45) is 5.92 Å². The van der Waals surface area contributed by atoms with Crippen molar-refractivity contribution >= 4 is 15.9 Å². The van der Waals surface area contributed by atoms with E-state index in [0.29, 0.717) is 17.7 Å². The highest BCUT2D eigenvalue weighted by Gasteiger charge is 2.27. The van der Waals surface area contributed by atoms with Gasteiger partial charge in [0.2, 0.25) is 0 Å². The van der Waals surface area contributed by atoms with Crippen LogP contribution >= 0.6 is 15.9 Å². The number of hydrogen-bond donors (Lipinski definition) is 1. The van der Waals surface area contributed by atoms with Crippen LogP contribution in [0.25, 0.3) is 0 Å². The van der Waals surface area contributed by atoms with Crippen molar-refractivity contribution in [3.8, 4) is 5.75 Å². The van der Waals surface area contributed by atoms with Crippen LogP contribution in [0.4, 0.5) is 0 Å². The molecule has 100 valence electrons. The minimum Gasteiger partial charge on any atom is -0.507 e. The Morgan fingerprint density at radius 3 is 2.83 bits per heavy atom. The number of phenols is 1. The summed E-state index contributed by atoms with van der Waals surface area (Å²) >= 11 is 3.51. The molecular weight excluding hydrogens is 290 g/mol. The maximum Gasteiger partial charge on any atom is 0.123 e. The number of likely N-dealkylation sites (tertiary alicyclic amines) is 1. The van der Waals surface area contributed by atoms with Gasteiger partial charge < -0.3 is 5.11 Å². The predicted molar refractivity (Wildman–Crippen MR) is 78.8 cm³/mol. The van der Waals surface area contributed by atoms with Gasteiger partial charge in [0.15, 0.2) is 0 Å². The fourth-order valence-corrected chi connectivity index (χ4v) is 3.57. The fourth-order valence-electron chi connectivity index (χ4n) is 2.95. The zero-order valence-corrected chi connectivity index (χ0v) is 13.0. The SMILES string of the molecule is Cc1cc(Br)cc(CN2CCCC2C(C)C)c1O. The second-order valence-corrected chi connectivity index (χ2v) is 6.57. The van der Waals surface area contributed by atoms with Crippen LogP contribution in [0.15, 0.2) is 16.6 Å². The summed E-state index contributed by atoms with van der Waals surface area (Å²) in [5.74, 6) is 1.13. The third kappa shape index (κ3) is 2.89. The summed E-state index contributed by atoms with van der Waals surface area (Å²) in [6.07, 6.45) is 2.56. The standard InChI is InChI=1S/C15H22BrNO/c1-10(2)14-5-4-6-17(14)9-12-8-13(16)7-11(3)15(12)18/h7-8,10,14,18H,4-6,9H2,1-3H3. The van der Waals surface area contributed by atoms with E-state index in [9.17, 15) is 5.11 Å². The molecule has 3 heteroatoms. The Hall–Kier alpha value is -0.540. The van der Waals surface area contributed by atoms with Gasteiger partial charge in [-0.15, -0.1) is 0 Å². The number of rotatable bonds is 3. The van der Waals surface area contributed by atoms with Crippen molar-refractivity contribution < 1.29 is 5.11 Å². The second-order valence-electron chi connectivity index (χ2n) is 5.65. The quantitative estimate of drug-likeness (QED) is 0.909. The summed E-state index contributed by atoms with van der Waals surface area (Å²) in [5.41, 5.74) is 1.98. The Balaban J connectivity index is 2.19. The first-order chi connectivity index (χ1) is 8.49. The highest BCUT2D eigenvalue weighted by atomic mass is 79.9. The molecule has 1 N–H and O–H groups in total. The number of phenolic OH excluding ortho intramolecular Hbond substituents is 1. The van der Waals surface area contributed by atoms with Crippen LogP contribution in [-0.2, 0) is 6.54 Å². The average molecular weight is 312 g/mol. The van der Waals surface area contributed by atoms with Crippen molar-refractivity contribution in [3.63, 3.8) is 0 Å². The van der Waals surface area contributed by atoms with Crippen LogP contribution in [0.2, 0.25) is 0 Å². The summed E-state index contributed by atoms with van der Waals surface area (Å²) in [4.78, 5) is 2.51. The molecule has 0 bridgehead atoms. The van der Waals surface area contributed by atoms with E-state index >= 15 is 0 Å². The van der Waals surface area contributed by atoms with E-state index in [0.717, 1.165) is 28.7 Å². The van der Waals surface area contributed by atoms with E-state index in [1.54, 1.807) is 0 Å². The van der Waals surface area contributed by atoms with Gasteiger partial charge in [-0.05, 0) is 49.9 Å². The lowest BCUT2D eigenvalue weighted by atomic mass is 10.0. The smallest absolute Gasteiger partial charge is 0.123 e. The molecule has 1 heterocycles. The molecule has 0 spiro atoms. The Morgan fingerprint density at radius 1 is 1.44 bits per heavy atom. The Morgan fingerprint density at radius 2 is 2.17 bits per heavy atom. The summed E-state index contributed by atoms with van der Waals surface area (Å²) in [6, 6.07) is 4.66. The normalized spacial score (nSPS) is 20.8. The molecule has 0 aromatic heterocycles. The largest absolute Gasteiger partial charge is 0.507 e. The van der Waals surface area contributed by atoms with Gasteiger partial charge in [-0.1, -0.05) is 29.8 Å². The van der Waals surface area contributed by atoms with Crippen LogP contribution < -0.4 is 0 Å². The number of aryl methyl sites for hydroxylation is 1. The van der Waals surface area contributed by atoms with Crippen molar-refractivity contribution in [1.29, 1.82) is 0 Å². The van der Waals surface area contributed by atoms with Gasteiger partial charge in [0, 0.05) is 22.6 Å². The summed E-state index contributed by atoms with van der Waals surface area (Å²) in [5, 5.41) is 10.2. The molecule has 1 fully saturated rings. The van der Waals surface area contributed by atoms with Gasteiger partial charge in [0.1, 0.15) is 5.75 Å². The number of aromatic hydroxyl groups is 1. The number of hydrogen-bond acceptors (Lipinski definition) is 2. The lowest BCUT2D eigenvalue weighted by Crippen LogP contribution is -2.32. The molecule has 2 rings (SSSR count). The molecule has 0 aliphatic carbocycles. The molecule has 0 amide bonds. The van der Waals surface area contributed by atoms with E-state index in [1.165, 1.54) is 12.8 Å². The van der Waals surface area contributed by atoms with Crippen LogP contribution in [0, 0.1) is 12.8 Å². The van der Waals surface area contributed by atoms with Gasteiger partial charge >= 0.3 is 0 Å². The zero-order chi connectivity index (χ0) is 13.3. The molecule has 18 heavy (non-hydrogen) atoms. The maximum atomic E-state index is 10.2. The molecule has 1 atom stereocenters. The van der Waals surface area contributed by atoms with E-state index in [1.807, 2.05) is 19.1 Å². The van der Waals surface area contributed by atoms with Gasteiger partial charge in [-0.25, -0.2) is 0 Å². The van der Waals surface area contributed by atoms with E-state index < -0.39 is 0 Å². The molecule has 1 aromatic rings. The molecular formula is C15H22BrNO. The van der Waals surface area contributed by atoms with E-state index in [-0.39, 0.29) is 0 Å². The lowest BCUT2D eigenvalue weighted by Gasteiger charge is -2.28. The lowest BCUT2D eigenvalue weighted by molar-refractivity contribution is 0.197. The minimum absolute atomic E-state index is 0.451. The first kappa shape index (κ1) is 13.9. The highest BCUT2D eigenvalue weighted by molar-refractivity contribution is 9.10. The predicted octanol–water partition coefficient (Wildman–Crippen LogP) is 4.08. The Kier molecular flexibility index (Phi) is 4.33. The molecule has 2 nitrogen and oxygen atoms in total. The molecule has 1 saturated heterocycles. The van der Waals surface area contributed by atoms with Crippen molar-refractivity contribution in [2.45, 2.75) is 46.2 Å². The van der Waals surface area contributed by atoms with Gasteiger partial charge in [-0.2, -0.15) is 0 Å². The van der Waals surface area contributed by atoms with Crippen molar-refractivity contribution in [3.05, 3.63) is 27.7 Å². The maximum absolute atomic E-state index is 10.2. The van der Waals surface area contributed by atoms with Gasteiger partial charge in [-0.3, -0.25) is 4.90 Å². The molecule has 1 aromatic carbocycles. The Labute approximate surface area is 118 Å². The molecule has 1 aliphatic heterocycles. The van der Waals surface area contributed by atoms with Crippen LogP contribution in [0.1, 0.15) is 37.8 Å². The zero-order valence-electron chi connectivity index (χ0n) is 11.4. The highest BCUT2D eigenvalue weighted by Crippen LogP contribution is 2.31. The topological polar surface area (TPSA) is 23.5 Å². The summed E-state index contributed by atoms with van der Waals surface area (Å²) in [6.45, 7) is 8.53. The van der Waals surface area contributed by atoms with Crippen LogP contribution in [0.3, 0.4) is 0 Å². The summed E-state index contributed by atoms with van der Waals surface area (Å²) in [7, 11) is 0. The number of halogens is 1. The van der Waals surface area contributed by atoms with Crippen LogP contribution in [0.5, 0.6) is 5.75 Å². The molecule has 1 aliphatic rings. The molecule has 0 saturated carbocycles. The fraction of sp³-hybridized carbons (Fsp3) is 0.600. The first-order valence-electron chi connectivity index (χ1n) is 6.71. The average Bonchev–Trinajstić information content (AvgIpc) is 2.73. The third-order valence-electron chi connectivity index (χ3n) is 3.90. The summed E-state index contributed by atoms with van der Waals surface area (Å²) < 4.78 is 1.05. The second kappa shape index (κ2) is 5.62. The molecule has 0 radical (unpaired) electrons. The first-order valence-corrected chi connectivity index (χ1v) is 7.50. The monoisotopic (exact) mass is 311 g/mol. The number of benzene rings is 1. The van der Waals surface area contributed by atoms with E-state index in [4.69, 9.17) is 0 Å². The van der Waals surface area contributed by atoms with Crippen molar-refractivity contribution in [2.75, 3.05) is 6.54 Å². The minimum atomic E-state index is 0.451. The Bertz CT molecular complexity index is 431. The van der Waals surface area contributed by atoms with Gasteiger partial charge in [0.05, 0.1) is 0 Å². The molecule has 1 unspecified atom stereocenters. The third-order valence-corrected chi connectivity index (χ3v) is 4.36. The van der Waals surface area contributed by atoms with Gasteiger partial charge in [0.25, 0.3) is 0 Å². The van der Waals surface area contributed by atoms with E-state index in [2.05, 4.69) is 34.7 Å². The number of nitrogens with zero attached hydrogens (tertiary/aromatic N) is 1. The van der Waals surface area contributed by atoms with Crippen LogP contribution in [-0.4, -0.2) is 22.6 Å².